The van der Waals surface area contributed by atoms with Crippen molar-refractivity contribution >= 4 is 11.0 Å². The minimum Gasteiger partial charge on any atom is -0.388 e. The van der Waals surface area contributed by atoms with Crippen molar-refractivity contribution in [1.82, 2.24) is 24.2 Å². The van der Waals surface area contributed by atoms with Crippen molar-refractivity contribution in [3.8, 4) is 5.69 Å². The van der Waals surface area contributed by atoms with E-state index in [0.29, 0.717) is 37.0 Å². The maximum atomic E-state index is 13.7. The number of nitrogens with zero attached hydrogens (tertiary/aromatic N) is 5. The Kier molecular flexibility index (Phi) is 6.87. The van der Waals surface area contributed by atoms with Crippen LogP contribution in [0, 0.1) is 0 Å². The average Bonchev–Trinajstić information content (AvgIpc) is 3.32. The monoisotopic (exact) mass is 511 g/mol. The quantitative estimate of drug-likeness (QED) is 0.404. The molecule has 0 spiro atoms. The van der Waals surface area contributed by atoms with Gasteiger partial charge in [-0.05, 0) is 43.5 Å². The highest BCUT2D eigenvalue weighted by Crippen LogP contribution is 2.37. The van der Waals surface area contributed by atoms with Crippen LogP contribution in [0.2, 0.25) is 0 Å². The number of fused-ring (bicyclic) bond motifs is 1. The lowest BCUT2D eigenvalue weighted by Crippen LogP contribution is -2.48. The first-order chi connectivity index (χ1) is 17.7. The summed E-state index contributed by atoms with van der Waals surface area (Å²) in [7, 11) is 0. The molecule has 37 heavy (non-hydrogen) atoms. The van der Waals surface area contributed by atoms with Gasteiger partial charge >= 0.3 is 6.18 Å². The molecule has 1 fully saturated rings. The molecule has 0 unspecified atom stereocenters. The lowest BCUT2D eigenvalue weighted by atomic mass is 9.90. The highest BCUT2D eigenvalue weighted by atomic mass is 19.4. The highest BCUT2D eigenvalue weighted by molar-refractivity contribution is 5.74. The van der Waals surface area contributed by atoms with E-state index in [1.165, 1.54) is 29.2 Å². The first-order valence-corrected chi connectivity index (χ1v) is 12.3. The van der Waals surface area contributed by atoms with E-state index in [1.54, 1.807) is 22.9 Å². The van der Waals surface area contributed by atoms with Gasteiger partial charge in [0.2, 0.25) is 0 Å². The van der Waals surface area contributed by atoms with Crippen LogP contribution in [0.25, 0.3) is 16.7 Å². The van der Waals surface area contributed by atoms with Crippen molar-refractivity contribution in [2.45, 2.75) is 43.5 Å². The summed E-state index contributed by atoms with van der Waals surface area (Å²) in [5, 5.41) is 15.9. The molecule has 0 radical (unpaired) electrons. The smallest absolute Gasteiger partial charge is 0.388 e. The molecule has 0 aliphatic carbocycles. The molecule has 1 aliphatic rings. The van der Waals surface area contributed by atoms with Gasteiger partial charge in [0.25, 0.3) is 5.56 Å². The summed E-state index contributed by atoms with van der Waals surface area (Å²) in [4.78, 5) is 19.5. The molecular weight excluding hydrogens is 483 g/mol. The minimum absolute atomic E-state index is 0.0443. The Hall–Kier alpha value is -3.50. The van der Waals surface area contributed by atoms with Gasteiger partial charge in [0.05, 0.1) is 29.9 Å². The number of likely N-dealkylation sites (tertiary alicyclic amines) is 1. The van der Waals surface area contributed by atoms with Crippen molar-refractivity contribution in [2.24, 2.45) is 0 Å². The number of halogens is 3. The fourth-order valence-corrected chi connectivity index (χ4v) is 5.00. The SMILES string of the molecule is O=c1c2cnn(-c3ccccc3)c2ncn1CC1(O)CCN(CC[C@@H](c2ccccc2)C(F)(F)F)CC1. The Morgan fingerprint density at radius 1 is 1.00 bits per heavy atom. The van der Waals surface area contributed by atoms with E-state index in [1.807, 2.05) is 35.2 Å². The number of alkyl halides is 3. The molecule has 0 saturated carbocycles. The van der Waals surface area contributed by atoms with Gasteiger partial charge in [0, 0.05) is 13.1 Å². The number of piperidine rings is 1. The van der Waals surface area contributed by atoms with Gasteiger partial charge in [-0.3, -0.25) is 9.36 Å². The predicted molar refractivity (Wildman–Crippen MR) is 134 cm³/mol. The third-order valence-corrected chi connectivity index (χ3v) is 7.14. The first-order valence-electron chi connectivity index (χ1n) is 12.3. The van der Waals surface area contributed by atoms with E-state index in [0.717, 1.165) is 5.69 Å². The highest BCUT2D eigenvalue weighted by Gasteiger charge is 2.41. The molecule has 194 valence electrons. The van der Waals surface area contributed by atoms with E-state index in [2.05, 4.69) is 10.1 Å². The molecule has 4 aromatic rings. The maximum Gasteiger partial charge on any atom is 0.395 e. The Balaban J connectivity index is 1.23. The molecular formula is C27H28F3N5O2. The van der Waals surface area contributed by atoms with Crippen molar-refractivity contribution in [3.05, 3.63) is 89.1 Å². The molecule has 1 N–H and O–H groups in total. The number of hydrogen-bond acceptors (Lipinski definition) is 5. The minimum atomic E-state index is -4.32. The number of para-hydroxylation sites is 1. The maximum absolute atomic E-state index is 13.7. The lowest BCUT2D eigenvalue weighted by Gasteiger charge is -2.39. The van der Waals surface area contributed by atoms with Crippen LogP contribution in [0.1, 0.15) is 30.7 Å². The second-order valence-electron chi connectivity index (χ2n) is 9.67. The molecule has 1 saturated heterocycles. The van der Waals surface area contributed by atoms with Crippen LogP contribution in [0.3, 0.4) is 0 Å². The number of aromatic nitrogens is 4. The Labute approximate surface area is 211 Å². The largest absolute Gasteiger partial charge is 0.395 e. The van der Waals surface area contributed by atoms with Gasteiger partial charge in [0.15, 0.2) is 5.65 Å². The molecule has 10 heteroatoms. The summed E-state index contributed by atoms with van der Waals surface area (Å²) in [6.45, 7) is 1.24. The standard InChI is InChI=1S/C27H28F3N5O2/c28-27(29,30)23(20-7-3-1-4-8-20)11-14-33-15-12-26(37,13-16-33)18-34-19-31-24-22(25(34)36)17-32-35(24)21-9-5-2-6-10-21/h1-10,17,19,23,37H,11-16,18H2/t23-/m0/s1. The number of benzene rings is 2. The summed E-state index contributed by atoms with van der Waals surface area (Å²) in [5.41, 5.74) is 0.0499. The van der Waals surface area contributed by atoms with E-state index >= 15 is 0 Å². The second-order valence-corrected chi connectivity index (χ2v) is 9.67. The van der Waals surface area contributed by atoms with Crippen LogP contribution < -0.4 is 5.56 Å². The molecule has 5 rings (SSSR count). The number of hydrogen-bond donors (Lipinski definition) is 1. The van der Waals surface area contributed by atoms with Gasteiger partial charge in [-0.15, -0.1) is 0 Å². The summed E-state index contributed by atoms with van der Waals surface area (Å²) in [5.74, 6) is -1.53. The fourth-order valence-electron chi connectivity index (χ4n) is 5.00. The molecule has 1 atom stereocenters. The molecule has 3 heterocycles. The zero-order valence-electron chi connectivity index (χ0n) is 20.2. The third-order valence-electron chi connectivity index (χ3n) is 7.14. The van der Waals surface area contributed by atoms with Crippen LogP contribution >= 0.6 is 0 Å². The zero-order chi connectivity index (χ0) is 26.0. The summed E-state index contributed by atoms with van der Waals surface area (Å²) < 4.78 is 44.0. The molecule has 0 amide bonds. The summed E-state index contributed by atoms with van der Waals surface area (Å²) >= 11 is 0. The van der Waals surface area contributed by atoms with Crippen molar-refractivity contribution in [2.75, 3.05) is 19.6 Å². The van der Waals surface area contributed by atoms with Gasteiger partial charge < -0.3 is 10.0 Å². The Morgan fingerprint density at radius 3 is 2.30 bits per heavy atom. The van der Waals surface area contributed by atoms with Gasteiger partial charge in [0.1, 0.15) is 11.7 Å². The van der Waals surface area contributed by atoms with Gasteiger partial charge in [-0.25, -0.2) is 9.67 Å². The van der Waals surface area contributed by atoms with Crippen molar-refractivity contribution in [3.63, 3.8) is 0 Å². The summed E-state index contributed by atoms with van der Waals surface area (Å²) in [6.07, 6.45) is -0.767. The lowest BCUT2D eigenvalue weighted by molar-refractivity contribution is -0.153. The molecule has 2 aromatic heterocycles. The van der Waals surface area contributed by atoms with Crippen molar-refractivity contribution in [1.29, 1.82) is 0 Å². The van der Waals surface area contributed by atoms with Gasteiger partial charge in [-0.2, -0.15) is 18.3 Å². The number of aliphatic hydroxyl groups is 1. The van der Waals surface area contributed by atoms with Gasteiger partial charge in [-0.1, -0.05) is 48.5 Å². The Morgan fingerprint density at radius 2 is 1.65 bits per heavy atom. The molecule has 0 bridgehead atoms. The number of rotatable bonds is 7. The van der Waals surface area contributed by atoms with Crippen LogP contribution in [-0.2, 0) is 6.54 Å². The predicted octanol–water partition coefficient (Wildman–Crippen LogP) is 4.15. The molecule has 1 aliphatic heterocycles. The topological polar surface area (TPSA) is 76.2 Å². The van der Waals surface area contributed by atoms with Crippen molar-refractivity contribution < 1.29 is 18.3 Å². The first kappa shape index (κ1) is 25.2. The van der Waals surface area contributed by atoms with Crippen LogP contribution in [0.15, 0.2) is 78.0 Å². The Bertz CT molecular complexity index is 1390. The summed E-state index contributed by atoms with van der Waals surface area (Å²) in [6, 6.07) is 17.3. The zero-order valence-corrected chi connectivity index (χ0v) is 20.2. The molecule has 2 aromatic carbocycles. The molecule has 7 nitrogen and oxygen atoms in total. The van der Waals surface area contributed by atoms with Crippen LogP contribution in [0.4, 0.5) is 13.2 Å². The second kappa shape index (κ2) is 10.1. The average molecular weight is 512 g/mol. The van der Waals surface area contributed by atoms with E-state index in [4.69, 9.17) is 0 Å². The van der Waals surface area contributed by atoms with Crippen LogP contribution in [0.5, 0.6) is 0 Å². The van der Waals surface area contributed by atoms with Crippen LogP contribution in [-0.4, -0.2) is 60.7 Å². The van der Waals surface area contributed by atoms with E-state index in [-0.39, 0.29) is 30.6 Å². The normalized spacial score (nSPS) is 17.2. The fraction of sp³-hybridized carbons (Fsp3) is 0.370. The van der Waals surface area contributed by atoms with E-state index in [9.17, 15) is 23.1 Å². The third kappa shape index (κ3) is 5.45. The van der Waals surface area contributed by atoms with E-state index < -0.39 is 17.7 Å².